The van der Waals surface area contributed by atoms with Gasteiger partial charge in [-0.25, -0.2) is 0 Å². The van der Waals surface area contributed by atoms with Gasteiger partial charge in [0.05, 0.1) is 18.5 Å². The van der Waals surface area contributed by atoms with Crippen LogP contribution in [-0.4, -0.2) is 40.8 Å². The molecule has 0 aliphatic heterocycles. The van der Waals surface area contributed by atoms with Crippen molar-refractivity contribution in [2.24, 2.45) is 0 Å². The number of benzene rings is 2. The van der Waals surface area contributed by atoms with Crippen molar-refractivity contribution in [3.05, 3.63) is 69.8 Å². The highest BCUT2D eigenvalue weighted by Gasteiger charge is 2.28. The maximum Gasteiger partial charge on any atom is 0.273 e. The van der Waals surface area contributed by atoms with Crippen LogP contribution >= 0.6 is 0 Å². The predicted molar refractivity (Wildman–Crippen MR) is 118 cm³/mol. The maximum atomic E-state index is 13.2. The van der Waals surface area contributed by atoms with Crippen LogP contribution in [0.25, 0.3) is 0 Å². The van der Waals surface area contributed by atoms with E-state index in [0.717, 1.165) is 12.0 Å². The molecule has 0 aromatic heterocycles. The lowest BCUT2D eigenvalue weighted by atomic mass is 10.1. The number of amides is 2. The summed E-state index contributed by atoms with van der Waals surface area (Å²) in [7, 11) is 1.57. The number of hydrogen-bond acceptors (Lipinski definition) is 5. The molecule has 31 heavy (non-hydrogen) atoms. The minimum Gasteiger partial charge on any atom is -0.497 e. The van der Waals surface area contributed by atoms with Gasteiger partial charge in [-0.2, -0.15) is 0 Å². The minimum absolute atomic E-state index is 0.0249. The second-order valence-electron chi connectivity index (χ2n) is 7.43. The first-order valence-electron chi connectivity index (χ1n) is 10.2. The van der Waals surface area contributed by atoms with Gasteiger partial charge in [0.2, 0.25) is 11.8 Å². The Hall–Kier alpha value is -3.42. The van der Waals surface area contributed by atoms with Gasteiger partial charge in [-0.1, -0.05) is 37.3 Å². The van der Waals surface area contributed by atoms with E-state index < -0.39 is 11.0 Å². The molecule has 0 spiro atoms. The summed E-state index contributed by atoms with van der Waals surface area (Å²) in [6, 6.07) is 12.6. The number of nitro benzene ring substituents is 1. The number of nitro groups is 1. The van der Waals surface area contributed by atoms with Crippen LogP contribution in [0.3, 0.4) is 0 Å². The molecule has 0 fully saturated rings. The van der Waals surface area contributed by atoms with E-state index in [1.54, 1.807) is 44.4 Å². The zero-order valence-corrected chi connectivity index (χ0v) is 18.3. The molecule has 0 aliphatic carbocycles. The number of para-hydroxylation sites is 1. The summed E-state index contributed by atoms with van der Waals surface area (Å²) in [4.78, 5) is 38.2. The molecule has 0 aliphatic rings. The molecule has 2 aromatic carbocycles. The monoisotopic (exact) mass is 427 g/mol. The molecule has 2 atom stereocenters. The van der Waals surface area contributed by atoms with Gasteiger partial charge in [-0.15, -0.1) is 0 Å². The van der Waals surface area contributed by atoms with Crippen molar-refractivity contribution in [1.82, 2.24) is 10.2 Å². The largest absolute Gasteiger partial charge is 0.497 e. The van der Waals surface area contributed by atoms with Crippen molar-refractivity contribution < 1.29 is 19.2 Å². The number of methoxy groups -OCH3 is 1. The summed E-state index contributed by atoms with van der Waals surface area (Å²) in [5, 5.41) is 14.2. The second-order valence-corrected chi connectivity index (χ2v) is 7.43. The fourth-order valence-electron chi connectivity index (χ4n) is 3.08. The predicted octanol–water partition coefficient (Wildman–Crippen LogP) is 3.48. The number of rotatable bonds is 10. The molecule has 1 N–H and O–H groups in total. The van der Waals surface area contributed by atoms with Crippen LogP contribution in [0.5, 0.6) is 5.75 Å². The number of carbonyl (C=O) groups excluding carboxylic acids is 2. The highest BCUT2D eigenvalue weighted by atomic mass is 16.6. The molecule has 0 heterocycles. The van der Waals surface area contributed by atoms with E-state index in [1.807, 2.05) is 26.0 Å². The average molecular weight is 428 g/mol. The molecule has 2 rings (SSSR count). The zero-order chi connectivity index (χ0) is 23.0. The summed E-state index contributed by atoms with van der Waals surface area (Å²) in [5.41, 5.74) is 1.02. The molecule has 166 valence electrons. The van der Waals surface area contributed by atoms with E-state index >= 15 is 0 Å². The molecular formula is C23H29N3O5. The van der Waals surface area contributed by atoms with E-state index in [-0.39, 0.29) is 36.5 Å². The minimum atomic E-state index is -0.744. The quantitative estimate of drug-likeness (QED) is 0.462. The molecule has 0 saturated heterocycles. The van der Waals surface area contributed by atoms with E-state index in [1.165, 1.54) is 11.0 Å². The Balaban J connectivity index is 2.30. The number of ether oxygens (including phenoxy) is 1. The Morgan fingerprint density at radius 1 is 1.13 bits per heavy atom. The average Bonchev–Trinajstić information content (AvgIpc) is 2.77. The smallest absolute Gasteiger partial charge is 0.273 e. The van der Waals surface area contributed by atoms with E-state index in [4.69, 9.17) is 4.74 Å². The lowest BCUT2D eigenvalue weighted by Gasteiger charge is -2.29. The zero-order valence-electron chi connectivity index (χ0n) is 18.3. The lowest BCUT2D eigenvalue weighted by Crippen LogP contribution is -2.49. The standard InChI is InChI=1S/C23H29N3O5/c1-5-16(2)24-23(28)17(3)25(15-18-10-12-20(31-4)13-11-18)22(27)14-19-8-6-7-9-21(19)26(29)30/h6-13,16-17H,5,14-15H2,1-4H3,(H,24,28)/t16-,17+/m1/s1. The van der Waals surface area contributed by atoms with E-state index in [9.17, 15) is 19.7 Å². The first kappa shape index (κ1) is 23.9. The third-order valence-corrected chi connectivity index (χ3v) is 5.21. The Morgan fingerprint density at radius 2 is 1.77 bits per heavy atom. The van der Waals surface area contributed by atoms with Gasteiger partial charge >= 0.3 is 0 Å². The lowest BCUT2D eigenvalue weighted by molar-refractivity contribution is -0.385. The van der Waals surface area contributed by atoms with Crippen LogP contribution in [-0.2, 0) is 22.6 Å². The summed E-state index contributed by atoms with van der Waals surface area (Å²) in [6.45, 7) is 5.72. The molecule has 2 amide bonds. The van der Waals surface area contributed by atoms with Crippen LogP contribution in [0.15, 0.2) is 48.5 Å². The molecule has 0 bridgehead atoms. The fourth-order valence-corrected chi connectivity index (χ4v) is 3.08. The fraction of sp³-hybridized carbons (Fsp3) is 0.391. The van der Waals surface area contributed by atoms with Gasteiger partial charge in [0.25, 0.3) is 5.69 Å². The molecular weight excluding hydrogens is 398 g/mol. The van der Waals surface area contributed by atoms with Gasteiger partial charge in [0.1, 0.15) is 11.8 Å². The van der Waals surface area contributed by atoms with E-state index in [0.29, 0.717) is 11.3 Å². The Morgan fingerprint density at radius 3 is 2.35 bits per heavy atom. The third kappa shape index (κ3) is 6.53. The van der Waals surface area contributed by atoms with Crippen LogP contribution in [0.1, 0.15) is 38.3 Å². The highest BCUT2D eigenvalue weighted by molar-refractivity contribution is 5.88. The van der Waals surface area contributed by atoms with Gasteiger partial charge in [-0.05, 0) is 38.0 Å². The topological polar surface area (TPSA) is 102 Å². The van der Waals surface area contributed by atoms with Crippen molar-refractivity contribution >= 4 is 17.5 Å². The van der Waals surface area contributed by atoms with Crippen LogP contribution < -0.4 is 10.1 Å². The first-order chi connectivity index (χ1) is 14.8. The third-order valence-electron chi connectivity index (χ3n) is 5.21. The van der Waals surface area contributed by atoms with Crippen molar-refractivity contribution in [2.45, 2.75) is 52.2 Å². The normalized spacial score (nSPS) is 12.5. The summed E-state index contributed by atoms with van der Waals surface area (Å²) in [6.07, 6.45) is 0.593. The molecule has 0 unspecified atom stereocenters. The van der Waals surface area contributed by atoms with E-state index in [2.05, 4.69) is 5.32 Å². The number of nitrogens with zero attached hydrogens (tertiary/aromatic N) is 2. The summed E-state index contributed by atoms with van der Waals surface area (Å²) >= 11 is 0. The summed E-state index contributed by atoms with van der Waals surface area (Å²) < 4.78 is 5.17. The SMILES string of the molecule is CC[C@@H](C)NC(=O)[C@H](C)N(Cc1ccc(OC)cc1)C(=O)Cc1ccccc1[N+](=O)[O-]. The Labute approximate surface area is 182 Å². The van der Waals surface area contributed by atoms with Crippen LogP contribution in [0.4, 0.5) is 5.69 Å². The van der Waals surface area contributed by atoms with Crippen molar-refractivity contribution in [1.29, 1.82) is 0 Å². The summed E-state index contributed by atoms with van der Waals surface area (Å²) in [5.74, 6) is 0.0554. The highest BCUT2D eigenvalue weighted by Crippen LogP contribution is 2.21. The van der Waals surface area contributed by atoms with Crippen molar-refractivity contribution in [2.75, 3.05) is 7.11 Å². The Kier molecular flexibility index (Phi) is 8.54. The first-order valence-corrected chi connectivity index (χ1v) is 10.2. The van der Waals surface area contributed by atoms with Crippen molar-refractivity contribution in [3.63, 3.8) is 0 Å². The molecule has 2 aromatic rings. The van der Waals surface area contributed by atoms with Crippen molar-refractivity contribution in [3.8, 4) is 5.75 Å². The molecule has 0 saturated carbocycles. The number of nitrogens with one attached hydrogen (secondary N) is 1. The van der Waals surface area contributed by atoms with Gasteiger partial charge < -0.3 is 15.0 Å². The maximum absolute atomic E-state index is 13.2. The van der Waals surface area contributed by atoms with Crippen LogP contribution in [0.2, 0.25) is 0 Å². The number of hydrogen-bond donors (Lipinski definition) is 1. The van der Waals surface area contributed by atoms with Gasteiger partial charge in [-0.3, -0.25) is 19.7 Å². The van der Waals surface area contributed by atoms with Gasteiger partial charge in [0.15, 0.2) is 0 Å². The number of carbonyl (C=O) groups is 2. The second kappa shape index (κ2) is 11.1. The molecule has 8 heteroatoms. The van der Waals surface area contributed by atoms with Gasteiger partial charge in [0, 0.05) is 24.2 Å². The Bertz CT molecular complexity index is 914. The molecule has 8 nitrogen and oxygen atoms in total. The van der Waals surface area contributed by atoms with Crippen LogP contribution in [0, 0.1) is 10.1 Å². The molecule has 0 radical (unpaired) electrons.